The molecule has 1 fully saturated rings. The number of nitrogens with two attached hydrogens (primary N) is 1. The summed E-state index contributed by atoms with van der Waals surface area (Å²) in [5.41, 5.74) is 7.54. The van der Waals surface area contributed by atoms with Crippen molar-refractivity contribution in [2.75, 3.05) is 23.7 Å². The zero-order chi connectivity index (χ0) is 13.1. The molecule has 6 heteroatoms. The lowest BCUT2D eigenvalue weighted by atomic mass is 10.1. The first-order valence-corrected chi connectivity index (χ1v) is 7.60. The van der Waals surface area contributed by atoms with Crippen LogP contribution in [0.15, 0.2) is 27.8 Å². The Kier molecular flexibility index (Phi) is 4.40. The van der Waals surface area contributed by atoms with Crippen LogP contribution in [-0.2, 0) is 0 Å². The minimum atomic E-state index is 0.156. The van der Waals surface area contributed by atoms with E-state index in [1.807, 2.05) is 30.0 Å². The molecule has 1 unspecified atom stereocenters. The summed E-state index contributed by atoms with van der Waals surface area (Å²) in [6.45, 7) is 4.18. The first kappa shape index (κ1) is 13.5. The molecule has 3 N–H and O–H groups in total. The third kappa shape index (κ3) is 2.92. The minimum absolute atomic E-state index is 0.156. The van der Waals surface area contributed by atoms with Gasteiger partial charge in [-0.15, -0.1) is 0 Å². The number of hydrogen-bond acceptors (Lipinski definition) is 4. The molecule has 4 nitrogen and oxygen atoms in total. The number of halogens is 1. The van der Waals surface area contributed by atoms with E-state index in [2.05, 4.69) is 32.9 Å². The van der Waals surface area contributed by atoms with Crippen LogP contribution in [0, 0.1) is 0 Å². The van der Waals surface area contributed by atoms with Crippen LogP contribution in [0.2, 0.25) is 0 Å². The van der Waals surface area contributed by atoms with Gasteiger partial charge in [-0.05, 0) is 18.2 Å². The second-order valence-electron chi connectivity index (χ2n) is 4.27. The maximum atomic E-state index is 8.86. The van der Waals surface area contributed by atoms with Gasteiger partial charge in [0.05, 0.1) is 0 Å². The molecule has 0 radical (unpaired) electrons. The van der Waals surface area contributed by atoms with E-state index in [0.717, 1.165) is 34.6 Å². The van der Waals surface area contributed by atoms with E-state index in [4.69, 9.17) is 10.9 Å². The fraction of sp³-hybridized carbons (Fsp3) is 0.417. The molecule has 1 aromatic rings. The Morgan fingerprint density at radius 2 is 2.39 bits per heavy atom. The van der Waals surface area contributed by atoms with E-state index in [1.165, 1.54) is 0 Å². The molecule has 0 bridgehead atoms. The van der Waals surface area contributed by atoms with Crippen LogP contribution in [-0.4, -0.2) is 35.1 Å². The fourth-order valence-electron chi connectivity index (χ4n) is 2.07. The standard InChI is InChI=1S/C12H16BrN3OS/c1-8-7-16(4-5-18-8)11-6-9(13)2-3-10(11)12(14)15-17/h2-3,6,8,17H,4-5,7H2,1H3,(H2,14,15). The van der Waals surface area contributed by atoms with E-state index in [9.17, 15) is 0 Å². The molecule has 2 rings (SSSR count). The topological polar surface area (TPSA) is 61.8 Å². The van der Waals surface area contributed by atoms with Crippen LogP contribution in [0.5, 0.6) is 0 Å². The van der Waals surface area contributed by atoms with Crippen LogP contribution in [0.1, 0.15) is 12.5 Å². The number of benzene rings is 1. The van der Waals surface area contributed by atoms with E-state index in [1.54, 1.807) is 0 Å². The lowest BCUT2D eigenvalue weighted by molar-refractivity contribution is 0.318. The molecule has 0 saturated carbocycles. The molecule has 18 heavy (non-hydrogen) atoms. The predicted octanol–water partition coefficient (Wildman–Crippen LogP) is 2.49. The average molecular weight is 330 g/mol. The summed E-state index contributed by atoms with van der Waals surface area (Å²) in [7, 11) is 0. The zero-order valence-electron chi connectivity index (χ0n) is 10.1. The summed E-state index contributed by atoms with van der Waals surface area (Å²) in [5.74, 6) is 1.26. The van der Waals surface area contributed by atoms with Gasteiger partial charge in [-0.1, -0.05) is 28.0 Å². The number of amidine groups is 1. The smallest absolute Gasteiger partial charge is 0.172 e. The Bertz CT molecular complexity index is 467. The van der Waals surface area contributed by atoms with Gasteiger partial charge in [-0.25, -0.2) is 0 Å². The highest BCUT2D eigenvalue weighted by atomic mass is 79.9. The van der Waals surface area contributed by atoms with Crippen molar-refractivity contribution in [1.82, 2.24) is 0 Å². The average Bonchev–Trinajstić information content (AvgIpc) is 2.38. The molecular weight excluding hydrogens is 314 g/mol. The van der Waals surface area contributed by atoms with E-state index in [0.29, 0.717) is 5.25 Å². The van der Waals surface area contributed by atoms with Gasteiger partial charge in [0.1, 0.15) is 0 Å². The fourth-order valence-corrected chi connectivity index (χ4v) is 3.44. The van der Waals surface area contributed by atoms with E-state index >= 15 is 0 Å². The Morgan fingerprint density at radius 3 is 3.06 bits per heavy atom. The number of nitrogens with zero attached hydrogens (tertiary/aromatic N) is 2. The van der Waals surface area contributed by atoms with Crippen molar-refractivity contribution >= 4 is 39.2 Å². The zero-order valence-corrected chi connectivity index (χ0v) is 12.5. The Labute approximate surface area is 119 Å². The quantitative estimate of drug-likeness (QED) is 0.379. The number of thioether (sulfide) groups is 1. The highest BCUT2D eigenvalue weighted by molar-refractivity contribution is 9.10. The van der Waals surface area contributed by atoms with Crippen molar-refractivity contribution in [3.8, 4) is 0 Å². The molecule has 1 aliphatic heterocycles. The molecule has 0 aromatic heterocycles. The maximum Gasteiger partial charge on any atom is 0.172 e. The lowest BCUT2D eigenvalue weighted by Crippen LogP contribution is -2.38. The highest BCUT2D eigenvalue weighted by Gasteiger charge is 2.20. The summed E-state index contributed by atoms with van der Waals surface area (Å²) < 4.78 is 0.998. The third-order valence-corrected chi connectivity index (χ3v) is 4.55. The summed E-state index contributed by atoms with van der Waals surface area (Å²) in [6, 6.07) is 5.80. The molecule has 0 aliphatic carbocycles. The molecule has 1 aliphatic rings. The van der Waals surface area contributed by atoms with E-state index < -0.39 is 0 Å². The Balaban J connectivity index is 2.38. The predicted molar refractivity (Wildman–Crippen MR) is 80.8 cm³/mol. The van der Waals surface area contributed by atoms with Gasteiger partial charge in [0, 0.05) is 39.8 Å². The second-order valence-corrected chi connectivity index (χ2v) is 6.74. The van der Waals surface area contributed by atoms with Gasteiger partial charge < -0.3 is 15.8 Å². The third-order valence-electron chi connectivity index (χ3n) is 2.93. The molecule has 0 amide bonds. The van der Waals surface area contributed by atoms with Gasteiger partial charge in [0.15, 0.2) is 5.84 Å². The minimum Gasteiger partial charge on any atom is -0.409 e. The monoisotopic (exact) mass is 329 g/mol. The summed E-state index contributed by atoms with van der Waals surface area (Å²) in [5, 5.41) is 12.6. The SMILES string of the molecule is CC1CN(c2cc(Br)ccc2/C(N)=N/O)CCS1. The molecular formula is C12H16BrN3OS. The van der Waals surface area contributed by atoms with Crippen molar-refractivity contribution in [3.63, 3.8) is 0 Å². The van der Waals surface area contributed by atoms with Crippen LogP contribution >= 0.6 is 27.7 Å². The van der Waals surface area contributed by atoms with Gasteiger partial charge in [0.2, 0.25) is 0 Å². The van der Waals surface area contributed by atoms with Crippen molar-refractivity contribution in [2.24, 2.45) is 10.9 Å². The summed E-state index contributed by atoms with van der Waals surface area (Å²) >= 11 is 5.45. The van der Waals surface area contributed by atoms with Crippen LogP contribution in [0.4, 0.5) is 5.69 Å². The normalized spacial score (nSPS) is 21.1. The van der Waals surface area contributed by atoms with Gasteiger partial charge in [-0.2, -0.15) is 11.8 Å². The Hall–Kier alpha value is -0.880. The molecule has 1 saturated heterocycles. The number of rotatable bonds is 2. The molecule has 1 atom stereocenters. The van der Waals surface area contributed by atoms with Crippen LogP contribution < -0.4 is 10.6 Å². The highest BCUT2D eigenvalue weighted by Crippen LogP contribution is 2.29. The van der Waals surface area contributed by atoms with E-state index in [-0.39, 0.29) is 5.84 Å². The number of anilines is 1. The maximum absolute atomic E-state index is 8.86. The van der Waals surface area contributed by atoms with Gasteiger partial charge >= 0.3 is 0 Å². The molecule has 0 spiro atoms. The first-order valence-electron chi connectivity index (χ1n) is 5.76. The lowest BCUT2D eigenvalue weighted by Gasteiger charge is -2.33. The molecule has 1 aromatic carbocycles. The molecule has 1 heterocycles. The van der Waals surface area contributed by atoms with Gasteiger partial charge in [0.25, 0.3) is 0 Å². The second kappa shape index (κ2) is 5.84. The molecule has 98 valence electrons. The largest absolute Gasteiger partial charge is 0.409 e. The van der Waals surface area contributed by atoms with Crippen LogP contribution in [0.25, 0.3) is 0 Å². The number of oxime groups is 1. The van der Waals surface area contributed by atoms with Crippen molar-refractivity contribution in [1.29, 1.82) is 0 Å². The van der Waals surface area contributed by atoms with Crippen molar-refractivity contribution in [2.45, 2.75) is 12.2 Å². The van der Waals surface area contributed by atoms with Crippen molar-refractivity contribution in [3.05, 3.63) is 28.2 Å². The first-order chi connectivity index (χ1) is 8.61. The van der Waals surface area contributed by atoms with Crippen molar-refractivity contribution < 1.29 is 5.21 Å². The summed E-state index contributed by atoms with van der Waals surface area (Å²) in [4.78, 5) is 2.29. The van der Waals surface area contributed by atoms with Crippen LogP contribution in [0.3, 0.4) is 0 Å². The summed E-state index contributed by atoms with van der Waals surface area (Å²) in [6.07, 6.45) is 0. The number of hydrogen-bond donors (Lipinski definition) is 2. The Morgan fingerprint density at radius 1 is 1.61 bits per heavy atom. The van der Waals surface area contributed by atoms with Gasteiger partial charge in [-0.3, -0.25) is 0 Å².